The summed E-state index contributed by atoms with van der Waals surface area (Å²) in [7, 11) is -3.38. The molecular formula is C16H15ClN4O4S. The Morgan fingerprint density at radius 2 is 1.96 bits per heavy atom. The van der Waals surface area contributed by atoms with Crippen molar-refractivity contribution in [3.8, 4) is 0 Å². The van der Waals surface area contributed by atoms with E-state index in [4.69, 9.17) is 16.4 Å². The molecule has 0 aliphatic rings. The van der Waals surface area contributed by atoms with Crippen LogP contribution in [-0.2, 0) is 21.2 Å². The Morgan fingerprint density at radius 1 is 1.23 bits per heavy atom. The number of aromatic nitrogens is 3. The largest absolute Gasteiger partial charge is 0.385 e. The molecule has 1 N–H and O–H groups in total. The number of carbonyl (C=O) groups is 1. The Morgan fingerprint density at radius 3 is 2.65 bits per heavy atom. The predicted octanol–water partition coefficient (Wildman–Crippen LogP) is 1.23. The summed E-state index contributed by atoms with van der Waals surface area (Å²) in [5.41, 5.74) is 1.71. The summed E-state index contributed by atoms with van der Waals surface area (Å²) in [6.45, 7) is 0.0326. The van der Waals surface area contributed by atoms with E-state index in [-0.39, 0.29) is 17.4 Å². The van der Waals surface area contributed by atoms with E-state index in [9.17, 15) is 13.2 Å². The quantitative estimate of drug-likeness (QED) is 0.674. The van der Waals surface area contributed by atoms with Crippen LogP contribution in [0.25, 0.3) is 11.0 Å². The van der Waals surface area contributed by atoms with Crippen LogP contribution in [0.5, 0.6) is 0 Å². The van der Waals surface area contributed by atoms with Crippen molar-refractivity contribution >= 4 is 38.4 Å². The van der Waals surface area contributed by atoms with Gasteiger partial charge in [0.1, 0.15) is 11.0 Å². The Kier molecular flexibility index (Phi) is 5.10. The van der Waals surface area contributed by atoms with Gasteiger partial charge in [0.25, 0.3) is 5.91 Å². The number of halogens is 1. The Balaban J connectivity index is 1.63. The number of sulfone groups is 1. The first-order valence-corrected chi connectivity index (χ1v) is 9.80. The summed E-state index contributed by atoms with van der Waals surface area (Å²) in [5, 5.41) is 11.0. The van der Waals surface area contributed by atoms with E-state index in [1.54, 1.807) is 24.3 Å². The van der Waals surface area contributed by atoms with E-state index in [2.05, 4.69) is 15.6 Å². The van der Waals surface area contributed by atoms with Crippen LogP contribution in [0.3, 0.4) is 0 Å². The van der Waals surface area contributed by atoms with Crippen molar-refractivity contribution in [2.45, 2.75) is 11.4 Å². The zero-order valence-corrected chi connectivity index (χ0v) is 15.3. The molecule has 0 aliphatic carbocycles. The summed E-state index contributed by atoms with van der Waals surface area (Å²) in [6, 6.07) is 11.5. The number of hydrogen-bond donors (Lipinski definition) is 1. The molecule has 0 saturated carbocycles. The third-order valence-corrected chi connectivity index (χ3v) is 4.90. The summed E-state index contributed by atoms with van der Waals surface area (Å²) in [5.74, 6) is -0.358. The van der Waals surface area contributed by atoms with Crippen LogP contribution in [-0.4, -0.2) is 42.3 Å². The lowest BCUT2D eigenvalue weighted by Gasteiger charge is -2.07. The van der Waals surface area contributed by atoms with Crippen molar-refractivity contribution in [2.24, 2.45) is 0 Å². The highest BCUT2D eigenvalue weighted by molar-refractivity contribution is 7.90. The predicted molar refractivity (Wildman–Crippen MR) is 95.4 cm³/mol. The smallest absolute Gasteiger partial charge is 0.261 e. The molecule has 1 aromatic heterocycles. The fourth-order valence-electron chi connectivity index (χ4n) is 2.18. The number of carbonyl (C=O) groups excluding carboxylic acids is 1. The van der Waals surface area contributed by atoms with Crippen LogP contribution < -0.4 is 10.2 Å². The molecule has 0 spiro atoms. The maximum absolute atomic E-state index is 11.9. The first kappa shape index (κ1) is 18.2. The second-order valence-electron chi connectivity index (χ2n) is 5.56. The number of benzene rings is 2. The van der Waals surface area contributed by atoms with Gasteiger partial charge in [-0.15, -0.1) is 5.10 Å². The number of hydrogen-bond acceptors (Lipinski definition) is 6. The van der Waals surface area contributed by atoms with Crippen molar-refractivity contribution in [1.82, 2.24) is 20.5 Å². The molecule has 1 amide bonds. The third kappa shape index (κ3) is 4.30. The number of fused-ring (bicyclic) bond motifs is 1. The van der Waals surface area contributed by atoms with Gasteiger partial charge >= 0.3 is 0 Å². The molecule has 10 heteroatoms. The second-order valence-corrected chi connectivity index (χ2v) is 8.01. The van der Waals surface area contributed by atoms with E-state index in [0.717, 1.165) is 16.7 Å². The average Bonchev–Trinajstić information content (AvgIpc) is 3.01. The summed E-state index contributed by atoms with van der Waals surface area (Å²) < 4.78 is 23.3. The SMILES string of the molecule is CS(=O)(=O)c1ccc2nnn(OCC(=O)NCc3ccc(Cl)cc3)c2c1. The molecule has 136 valence electrons. The highest BCUT2D eigenvalue weighted by atomic mass is 35.5. The van der Waals surface area contributed by atoms with Gasteiger partial charge in [0.15, 0.2) is 16.4 Å². The minimum atomic E-state index is -3.38. The Labute approximate surface area is 154 Å². The monoisotopic (exact) mass is 394 g/mol. The first-order chi connectivity index (χ1) is 12.3. The van der Waals surface area contributed by atoms with Crippen LogP contribution in [0, 0.1) is 0 Å². The number of nitrogens with one attached hydrogen (secondary N) is 1. The molecule has 0 bridgehead atoms. The Bertz CT molecular complexity index is 1050. The van der Waals surface area contributed by atoms with Crippen molar-refractivity contribution in [2.75, 3.05) is 12.9 Å². The summed E-state index contributed by atoms with van der Waals surface area (Å²) >= 11 is 5.81. The number of amides is 1. The fourth-order valence-corrected chi connectivity index (χ4v) is 2.94. The van der Waals surface area contributed by atoms with E-state index in [1.807, 2.05) is 0 Å². The number of rotatable bonds is 6. The molecule has 8 nitrogen and oxygen atoms in total. The van der Waals surface area contributed by atoms with E-state index >= 15 is 0 Å². The summed E-state index contributed by atoms with van der Waals surface area (Å²) in [4.78, 5) is 18.4. The van der Waals surface area contributed by atoms with Crippen LogP contribution in [0.4, 0.5) is 0 Å². The van der Waals surface area contributed by atoms with Crippen LogP contribution in [0.1, 0.15) is 5.56 Å². The van der Waals surface area contributed by atoms with E-state index < -0.39 is 9.84 Å². The molecule has 0 fully saturated rings. The maximum Gasteiger partial charge on any atom is 0.261 e. The van der Waals surface area contributed by atoms with Gasteiger partial charge in [0, 0.05) is 17.8 Å². The first-order valence-electron chi connectivity index (χ1n) is 7.53. The van der Waals surface area contributed by atoms with Crippen molar-refractivity contribution in [1.29, 1.82) is 0 Å². The third-order valence-electron chi connectivity index (χ3n) is 3.54. The standard InChI is InChI=1S/C16H15ClN4O4S/c1-26(23,24)13-6-7-14-15(8-13)21(20-19-14)25-10-16(22)18-9-11-2-4-12(17)5-3-11/h2-8H,9-10H2,1H3,(H,18,22). The van der Waals surface area contributed by atoms with E-state index in [1.165, 1.54) is 18.2 Å². The van der Waals surface area contributed by atoms with Crippen molar-refractivity contribution < 1.29 is 18.0 Å². The van der Waals surface area contributed by atoms with Gasteiger partial charge in [0.05, 0.1) is 4.90 Å². The van der Waals surface area contributed by atoms with Crippen LogP contribution in [0.15, 0.2) is 47.4 Å². The lowest BCUT2D eigenvalue weighted by Crippen LogP contribution is -2.31. The van der Waals surface area contributed by atoms with Gasteiger partial charge in [0.2, 0.25) is 0 Å². The minimum Gasteiger partial charge on any atom is -0.385 e. The normalized spacial score (nSPS) is 11.5. The fraction of sp³-hybridized carbons (Fsp3) is 0.188. The van der Waals surface area contributed by atoms with Crippen molar-refractivity contribution in [3.05, 3.63) is 53.1 Å². The highest BCUT2D eigenvalue weighted by Crippen LogP contribution is 2.16. The van der Waals surface area contributed by atoms with Crippen molar-refractivity contribution in [3.63, 3.8) is 0 Å². The molecule has 0 radical (unpaired) electrons. The van der Waals surface area contributed by atoms with Gasteiger partial charge in [-0.2, -0.15) is 0 Å². The van der Waals surface area contributed by atoms with Gasteiger partial charge < -0.3 is 10.2 Å². The maximum atomic E-state index is 11.9. The molecular weight excluding hydrogens is 380 g/mol. The topological polar surface area (TPSA) is 103 Å². The van der Waals surface area contributed by atoms with Gasteiger partial charge in [-0.1, -0.05) is 28.6 Å². The molecule has 3 rings (SSSR count). The van der Waals surface area contributed by atoms with Gasteiger partial charge in [-0.25, -0.2) is 8.42 Å². The molecule has 0 unspecified atom stereocenters. The molecule has 1 heterocycles. The van der Waals surface area contributed by atoms with Gasteiger partial charge in [-0.05, 0) is 41.1 Å². The summed E-state index contributed by atoms with van der Waals surface area (Å²) in [6.07, 6.45) is 1.10. The van der Waals surface area contributed by atoms with E-state index in [0.29, 0.717) is 22.6 Å². The molecule has 0 atom stereocenters. The van der Waals surface area contributed by atoms with Gasteiger partial charge in [-0.3, -0.25) is 4.79 Å². The lowest BCUT2D eigenvalue weighted by molar-refractivity contribution is -0.126. The Hall–Kier alpha value is -2.65. The molecule has 26 heavy (non-hydrogen) atoms. The minimum absolute atomic E-state index is 0.115. The molecule has 0 saturated heterocycles. The average molecular weight is 395 g/mol. The lowest BCUT2D eigenvalue weighted by atomic mass is 10.2. The second kappa shape index (κ2) is 7.30. The molecule has 2 aromatic carbocycles. The highest BCUT2D eigenvalue weighted by Gasteiger charge is 2.13. The zero-order valence-electron chi connectivity index (χ0n) is 13.7. The van der Waals surface area contributed by atoms with Crippen LogP contribution in [0.2, 0.25) is 5.02 Å². The zero-order chi connectivity index (χ0) is 18.7. The molecule has 3 aromatic rings. The van der Waals surface area contributed by atoms with Crippen LogP contribution >= 0.6 is 11.6 Å². The molecule has 0 aliphatic heterocycles. The number of nitrogens with zero attached hydrogens (tertiary/aromatic N) is 3.